The Morgan fingerprint density at radius 2 is 2.33 bits per heavy atom. The van der Waals surface area contributed by atoms with E-state index in [9.17, 15) is 0 Å². The molecule has 0 bridgehead atoms. The second-order valence-corrected chi connectivity index (χ2v) is 3.04. The fourth-order valence-electron chi connectivity index (χ4n) is 1.13. The van der Waals surface area contributed by atoms with E-state index in [0.29, 0.717) is 24.8 Å². The maximum absolute atomic E-state index is 4.95. The van der Waals surface area contributed by atoms with Crippen LogP contribution in [0, 0.1) is 6.92 Å². The number of aromatic nitrogens is 4. The molecular weight excluding hydrogens is 194 g/mol. The van der Waals surface area contributed by atoms with Crippen molar-refractivity contribution in [2.24, 2.45) is 0 Å². The molecule has 6 nitrogen and oxygen atoms in total. The van der Waals surface area contributed by atoms with Crippen molar-refractivity contribution >= 4 is 0 Å². The number of hydrogen-bond acceptors (Lipinski definition) is 6. The van der Waals surface area contributed by atoms with Crippen molar-refractivity contribution < 1.29 is 4.52 Å². The van der Waals surface area contributed by atoms with Crippen LogP contribution in [0.4, 0.5) is 0 Å². The second kappa shape index (κ2) is 4.61. The molecule has 0 aliphatic rings. The van der Waals surface area contributed by atoms with Crippen LogP contribution in [0.2, 0.25) is 0 Å². The van der Waals surface area contributed by atoms with Gasteiger partial charge in [-0.15, -0.1) is 0 Å². The lowest BCUT2D eigenvalue weighted by Gasteiger charge is -1.99. The molecule has 2 rings (SSSR count). The van der Waals surface area contributed by atoms with Gasteiger partial charge in [-0.2, -0.15) is 4.98 Å². The minimum Gasteiger partial charge on any atom is -0.338 e. The summed E-state index contributed by atoms with van der Waals surface area (Å²) in [5, 5.41) is 6.84. The first kappa shape index (κ1) is 9.72. The smallest absolute Gasteiger partial charge is 0.240 e. The zero-order valence-electron chi connectivity index (χ0n) is 8.34. The molecule has 0 fully saturated rings. The monoisotopic (exact) mass is 205 g/mol. The van der Waals surface area contributed by atoms with Gasteiger partial charge in [-0.05, 0) is 13.0 Å². The summed E-state index contributed by atoms with van der Waals surface area (Å²) < 4.78 is 4.95. The molecule has 6 heteroatoms. The van der Waals surface area contributed by atoms with Crippen LogP contribution in [0.3, 0.4) is 0 Å². The Kier molecular flexibility index (Phi) is 2.99. The number of hydrogen-bond donors (Lipinski definition) is 1. The number of nitrogens with zero attached hydrogens (tertiary/aromatic N) is 4. The normalized spacial score (nSPS) is 10.5. The van der Waals surface area contributed by atoms with E-state index in [2.05, 4.69) is 25.4 Å². The summed E-state index contributed by atoms with van der Waals surface area (Å²) in [6.07, 6.45) is 3.23. The van der Waals surface area contributed by atoms with Crippen LogP contribution in [0.15, 0.2) is 23.1 Å². The van der Waals surface area contributed by atoms with Gasteiger partial charge < -0.3 is 9.84 Å². The van der Waals surface area contributed by atoms with Gasteiger partial charge in [0.25, 0.3) is 0 Å². The van der Waals surface area contributed by atoms with Crippen LogP contribution >= 0.6 is 0 Å². The lowest BCUT2D eigenvalue weighted by atomic mass is 10.4. The van der Waals surface area contributed by atoms with E-state index in [4.69, 9.17) is 4.52 Å². The minimum atomic E-state index is 0.546. The minimum absolute atomic E-state index is 0.546. The molecule has 0 saturated carbocycles. The summed E-state index contributed by atoms with van der Waals surface area (Å²) in [6.45, 7) is 2.99. The molecule has 0 aromatic carbocycles. The Hall–Kier alpha value is -1.82. The fourth-order valence-corrected chi connectivity index (χ4v) is 1.13. The average Bonchev–Trinajstić information content (AvgIpc) is 2.66. The van der Waals surface area contributed by atoms with Crippen molar-refractivity contribution in [1.29, 1.82) is 0 Å². The second-order valence-electron chi connectivity index (χ2n) is 3.04. The predicted octanol–water partition coefficient (Wildman–Crippen LogP) is 0.458. The molecule has 0 radical (unpaired) electrons. The van der Waals surface area contributed by atoms with Gasteiger partial charge in [0.15, 0.2) is 5.82 Å². The average molecular weight is 205 g/mol. The van der Waals surface area contributed by atoms with E-state index < -0.39 is 0 Å². The summed E-state index contributed by atoms with van der Waals surface area (Å²) in [5.41, 5.74) is 0.932. The molecule has 0 aliphatic carbocycles. The van der Waals surface area contributed by atoms with E-state index in [1.165, 1.54) is 6.33 Å². The zero-order valence-corrected chi connectivity index (χ0v) is 8.34. The van der Waals surface area contributed by atoms with Crippen LogP contribution in [0.5, 0.6) is 0 Å². The molecule has 78 valence electrons. The van der Waals surface area contributed by atoms with E-state index in [-0.39, 0.29) is 0 Å². The molecule has 2 aromatic rings. The van der Waals surface area contributed by atoms with Crippen molar-refractivity contribution in [3.63, 3.8) is 0 Å². The third-order valence-corrected chi connectivity index (χ3v) is 1.80. The molecule has 0 atom stereocenters. The van der Waals surface area contributed by atoms with Gasteiger partial charge in [0.05, 0.1) is 12.2 Å². The first-order chi connectivity index (χ1) is 7.34. The molecule has 0 saturated heterocycles. The first-order valence-corrected chi connectivity index (χ1v) is 4.59. The van der Waals surface area contributed by atoms with Crippen molar-refractivity contribution in [2.45, 2.75) is 20.0 Å². The van der Waals surface area contributed by atoms with E-state index in [1.54, 1.807) is 13.1 Å². The van der Waals surface area contributed by atoms with E-state index in [0.717, 1.165) is 5.69 Å². The number of rotatable bonds is 4. The number of aryl methyl sites for hydroxylation is 1. The zero-order chi connectivity index (χ0) is 10.5. The third kappa shape index (κ3) is 2.81. The number of nitrogens with one attached hydrogen (secondary N) is 1. The Balaban J connectivity index is 1.80. The van der Waals surface area contributed by atoms with Crippen molar-refractivity contribution in [3.8, 4) is 0 Å². The van der Waals surface area contributed by atoms with E-state index >= 15 is 0 Å². The Bertz CT molecular complexity index is 413. The van der Waals surface area contributed by atoms with Gasteiger partial charge in [0, 0.05) is 12.7 Å². The highest BCUT2D eigenvalue weighted by molar-refractivity contribution is 4.97. The van der Waals surface area contributed by atoms with Crippen molar-refractivity contribution in [1.82, 2.24) is 25.4 Å². The molecule has 0 unspecified atom stereocenters. The van der Waals surface area contributed by atoms with Crippen molar-refractivity contribution in [3.05, 3.63) is 36.0 Å². The Morgan fingerprint density at radius 3 is 3.00 bits per heavy atom. The summed E-state index contributed by atoms with van der Waals surface area (Å²) in [6, 6.07) is 1.85. The van der Waals surface area contributed by atoms with Gasteiger partial charge in [-0.3, -0.25) is 0 Å². The Morgan fingerprint density at radius 1 is 1.40 bits per heavy atom. The van der Waals surface area contributed by atoms with Gasteiger partial charge in [-0.1, -0.05) is 5.16 Å². The summed E-state index contributed by atoms with van der Waals surface area (Å²) in [7, 11) is 0. The lowest BCUT2D eigenvalue weighted by Crippen LogP contribution is -2.13. The van der Waals surface area contributed by atoms with Crippen LogP contribution in [-0.4, -0.2) is 20.1 Å². The standard InChI is InChI=1S/C9H11N5O/c1-7-13-9(15-14-7)5-11-4-8-2-3-10-6-12-8/h2-3,6,11H,4-5H2,1H3. The highest BCUT2D eigenvalue weighted by Crippen LogP contribution is 1.96. The largest absolute Gasteiger partial charge is 0.338 e. The van der Waals surface area contributed by atoms with Crippen LogP contribution in [0.25, 0.3) is 0 Å². The first-order valence-electron chi connectivity index (χ1n) is 4.59. The molecule has 1 N–H and O–H groups in total. The third-order valence-electron chi connectivity index (χ3n) is 1.80. The Labute approximate surface area is 86.8 Å². The van der Waals surface area contributed by atoms with Gasteiger partial charge in [0.1, 0.15) is 6.33 Å². The fraction of sp³-hybridized carbons (Fsp3) is 0.333. The van der Waals surface area contributed by atoms with Gasteiger partial charge in [-0.25, -0.2) is 9.97 Å². The van der Waals surface area contributed by atoms with Crippen LogP contribution < -0.4 is 5.32 Å². The quantitative estimate of drug-likeness (QED) is 0.781. The highest BCUT2D eigenvalue weighted by Gasteiger charge is 2.01. The summed E-state index contributed by atoms with van der Waals surface area (Å²) in [4.78, 5) is 12.0. The summed E-state index contributed by atoms with van der Waals surface area (Å²) >= 11 is 0. The van der Waals surface area contributed by atoms with Crippen molar-refractivity contribution in [2.75, 3.05) is 0 Å². The molecule has 2 heterocycles. The lowest BCUT2D eigenvalue weighted by molar-refractivity contribution is 0.363. The molecule has 15 heavy (non-hydrogen) atoms. The molecule has 0 spiro atoms. The molecule has 0 aliphatic heterocycles. The maximum Gasteiger partial charge on any atom is 0.240 e. The molecular formula is C9H11N5O. The maximum atomic E-state index is 4.95. The highest BCUT2D eigenvalue weighted by atomic mass is 16.5. The summed E-state index contributed by atoms with van der Waals surface area (Å²) in [5.74, 6) is 1.23. The van der Waals surface area contributed by atoms with Crippen LogP contribution in [0.1, 0.15) is 17.4 Å². The van der Waals surface area contributed by atoms with Crippen LogP contribution in [-0.2, 0) is 13.1 Å². The topological polar surface area (TPSA) is 76.7 Å². The molecule has 0 amide bonds. The SMILES string of the molecule is Cc1noc(CNCc2ccncn2)n1. The predicted molar refractivity (Wildman–Crippen MR) is 51.6 cm³/mol. The van der Waals surface area contributed by atoms with E-state index in [1.807, 2.05) is 6.07 Å². The van der Waals surface area contributed by atoms with Gasteiger partial charge >= 0.3 is 0 Å². The van der Waals surface area contributed by atoms with Gasteiger partial charge in [0.2, 0.25) is 5.89 Å². The molecule has 2 aromatic heterocycles.